The molecule has 0 atom stereocenters. The second-order valence-electron chi connectivity index (χ2n) is 4.13. The van der Waals surface area contributed by atoms with Crippen LogP contribution in [-0.2, 0) is 14.8 Å². The SMILES string of the molecule is CCNS(=O)(=O)c1cccc(C(=O)NCCCOC)c1. The molecule has 0 unspecified atom stereocenters. The predicted molar refractivity (Wildman–Crippen MR) is 76.1 cm³/mol. The van der Waals surface area contributed by atoms with E-state index in [1.807, 2.05) is 0 Å². The Balaban J connectivity index is 2.75. The van der Waals surface area contributed by atoms with Gasteiger partial charge < -0.3 is 10.1 Å². The maximum Gasteiger partial charge on any atom is 0.251 e. The second-order valence-corrected chi connectivity index (χ2v) is 5.90. The summed E-state index contributed by atoms with van der Waals surface area (Å²) in [5.41, 5.74) is 0.321. The zero-order valence-corrected chi connectivity index (χ0v) is 12.5. The Bertz CT molecular complexity index is 543. The van der Waals surface area contributed by atoms with Crippen LogP contribution >= 0.6 is 0 Å². The molecule has 0 saturated heterocycles. The molecule has 0 aromatic heterocycles. The molecular formula is C13H20N2O4S. The van der Waals surface area contributed by atoms with Crippen molar-refractivity contribution in [2.75, 3.05) is 26.8 Å². The molecule has 7 heteroatoms. The standard InChI is InChI=1S/C13H20N2O4S/c1-3-15-20(17,18)12-7-4-6-11(10-12)13(16)14-8-5-9-19-2/h4,6-7,10,15H,3,5,8-9H2,1-2H3,(H,14,16). The minimum atomic E-state index is -3.55. The fourth-order valence-corrected chi connectivity index (χ4v) is 2.68. The van der Waals surface area contributed by atoms with E-state index in [9.17, 15) is 13.2 Å². The van der Waals surface area contributed by atoms with Gasteiger partial charge in [0.2, 0.25) is 10.0 Å². The summed E-state index contributed by atoms with van der Waals surface area (Å²) in [7, 11) is -1.95. The lowest BCUT2D eigenvalue weighted by atomic mass is 10.2. The predicted octanol–water partition coefficient (Wildman–Crippen LogP) is 0.751. The van der Waals surface area contributed by atoms with Gasteiger partial charge in [-0.2, -0.15) is 0 Å². The van der Waals surface area contributed by atoms with E-state index in [2.05, 4.69) is 10.0 Å². The van der Waals surface area contributed by atoms with Crippen molar-refractivity contribution in [3.63, 3.8) is 0 Å². The van der Waals surface area contributed by atoms with Crippen molar-refractivity contribution in [2.24, 2.45) is 0 Å². The average molecular weight is 300 g/mol. The summed E-state index contributed by atoms with van der Waals surface area (Å²) in [6, 6.07) is 5.95. The van der Waals surface area contributed by atoms with Gasteiger partial charge in [-0.1, -0.05) is 13.0 Å². The van der Waals surface area contributed by atoms with Crippen molar-refractivity contribution < 1.29 is 17.9 Å². The van der Waals surface area contributed by atoms with Gasteiger partial charge in [0, 0.05) is 32.4 Å². The van der Waals surface area contributed by atoms with Gasteiger partial charge in [0.05, 0.1) is 4.90 Å². The molecule has 112 valence electrons. The third-order valence-corrected chi connectivity index (χ3v) is 4.09. The number of hydrogen-bond donors (Lipinski definition) is 2. The third kappa shape index (κ3) is 4.92. The number of carbonyl (C=O) groups is 1. The van der Waals surface area contributed by atoms with Gasteiger partial charge in [-0.05, 0) is 24.6 Å². The Morgan fingerprint density at radius 1 is 1.35 bits per heavy atom. The molecule has 1 aromatic carbocycles. The van der Waals surface area contributed by atoms with Crippen LogP contribution in [0.25, 0.3) is 0 Å². The first kappa shape index (κ1) is 16.6. The van der Waals surface area contributed by atoms with Crippen LogP contribution in [0.3, 0.4) is 0 Å². The van der Waals surface area contributed by atoms with Crippen molar-refractivity contribution in [3.05, 3.63) is 29.8 Å². The fourth-order valence-electron chi connectivity index (χ4n) is 1.60. The molecular weight excluding hydrogens is 280 g/mol. The van der Waals surface area contributed by atoms with Crippen LogP contribution in [0.4, 0.5) is 0 Å². The van der Waals surface area contributed by atoms with E-state index in [1.165, 1.54) is 12.1 Å². The van der Waals surface area contributed by atoms with Crippen LogP contribution in [0.1, 0.15) is 23.7 Å². The van der Waals surface area contributed by atoms with E-state index < -0.39 is 10.0 Å². The third-order valence-electron chi connectivity index (χ3n) is 2.55. The van der Waals surface area contributed by atoms with Crippen LogP contribution < -0.4 is 10.0 Å². The number of benzene rings is 1. The monoisotopic (exact) mass is 300 g/mol. The Labute approximate surface area is 119 Å². The van der Waals surface area contributed by atoms with Crippen LogP contribution in [0, 0.1) is 0 Å². The van der Waals surface area contributed by atoms with Gasteiger partial charge in [-0.15, -0.1) is 0 Å². The number of nitrogens with one attached hydrogen (secondary N) is 2. The Morgan fingerprint density at radius 2 is 2.10 bits per heavy atom. The normalized spacial score (nSPS) is 11.3. The van der Waals surface area contributed by atoms with Crippen LogP contribution in [-0.4, -0.2) is 41.1 Å². The summed E-state index contributed by atoms with van der Waals surface area (Å²) in [4.78, 5) is 12.0. The van der Waals surface area contributed by atoms with E-state index in [1.54, 1.807) is 26.2 Å². The molecule has 1 aromatic rings. The number of rotatable bonds is 8. The van der Waals surface area contributed by atoms with Gasteiger partial charge in [0.1, 0.15) is 0 Å². The fraction of sp³-hybridized carbons (Fsp3) is 0.462. The first-order valence-electron chi connectivity index (χ1n) is 6.38. The minimum absolute atomic E-state index is 0.0869. The smallest absolute Gasteiger partial charge is 0.251 e. The van der Waals surface area contributed by atoms with Gasteiger partial charge in [0.15, 0.2) is 0 Å². The van der Waals surface area contributed by atoms with Crippen LogP contribution in [0.15, 0.2) is 29.2 Å². The molecule has 1 rings (SSSR count). The highest BCUT2D eigenvalue weighted by atomic mass is 32.2. The van der Waals surface area contributed by atoms with Crippen molar-refractivity contribution in [2.45, 2.75) is 18.2 Å². The number of methoxy groups -OCH3 is 1. The van der Waals surface area contributed by atoms with Gasteiger partial charge in [-0.25, -0.2) is 13.1 Å². The summed E-state index contributed by atoms with van der Waals surface area (Å²) in [6.45, 7) is 3.05. The van der Waals surface area contributed by atoms with Crippen molar-refractivity contribution in [3.8, 4) is 0 Å². The molecule has 0 radical (unpaired) electrons. The molecule has 2 N–H and O–H groups in total. The van der Waals surface area contributed by atoms with Crippen molar-refractivity contribution >= 4 is 15.9 Å². The molecule has 0 spiro atoms. The second kappa shape index (κ2) is 7.98. The summed E-state index contributed by atoms with van der Waals surface area (Å²) < 4.78 is 31.0. The highest BCUT2D eigenvalue weighted by molar-refractivity contribution is 7.89. The van der Waals surface area contributed by atoms with Gasteiger partial charge in [-0.3, -0.25) is 4.79 Å². The minimum Gasteiger partial charge on any atom is -0.385 e. The summed E-state index contributed by atoms with van der Waals surface area (Å²) >= 11 is 0. The van der Waals surface area contributed by atoms with Crippen LogP contribution in [0.2, 0.25) is 0 Å². The highest BCUT2D eigenvalue weighted by Crippen LogP contribution is 2.11. The Morgan fingerprint density at radius 3 is 2.75 bits per heavy atom. The zero-order chi connectivity index (χ0) is 15.0. The maximum absolute atomic E-state index is 11.9. The van der Waals surface area contributed by atoms with Gasteiger partial charge >= 0.3 is 0 Å². The maximum atomic E-state index is 11.9. The summed E-state index contributed by atoms with van der Waals surface area (Å²) in [5.74, 6) is -0.297. The first-order chi connectivity index (χ1) is 9.51. The molecule has 0 aliphatic heterocycles. The lowest BCUT2D eigenvalue weighted by Crippen LogP contribution is -2.26. The van der Waals surface area contributed by atoms with Crippen molar-refractivity contribution in [1.29, 1.82) is 0 Å². The topological polar surface area (TPSA) is 84.5 Å². The molecule has 20 heavy (non-hydrogen) atoms. The van der Waals surface area contributed by atoms with E-state index in [-0.39, 0.29) is 10.8 Å². The van der Waals surface area contributed by atoms with E-state index in [0.29, 0.717) is 31.7 Å². The quantitative estimate of drug-likeness (QED) is 0.694. The van der Waals surface area contributed by atoms with E-state index in [0.717, 1.165) is 0 Å². The van der Waals surface area contributed by atoms with Crippen molar-refractivity contribution in [1.82, 2.24) is 10.0 Å². The van der Waals surface area contributed by atoms with E-state index in [4.69, 9.17) is 4.74 Å². The molecule has 0 fully saturated rings. The summed E-state index contributed by atoms with van der Waals surface area (Å²) in [5, 5.41) is 2.71. The molecule has 6 nitrogen and oxygen atoms in total. The lowest BCUT2D eigenvalue weighted by molar-refractivity contribution is 0.0948. The highest BCUT2D eigenvalue weighted by Gasteiger charge is 2.14. The lowest BCUT2D eigenvalue weighted by Gasteiger charge is -2.08. The number of hydrogen-bond acceptors (Lipinski definition) is 4. The number of sulfonamides is 1. The molecule has 0 heterocycles. The molecule has 1 amide bonds. The summed E-state index contributed by atoms with van der Waals surface area (Å²) in [6.07, 6.45) is 0.706. The zero-order valence-electron chi connectivity index (χ0n) is 11.7. The van der Waals surface area contributed by atoms with Crippen LogP contribution in [0.5, 0.6) is 0 Å². The molecule has 0 aliphatic rings. The Kier molecular flexibility index (Phi) is 6.63. The van der Waals surface area contributed by atoms with E-state index >= 15 is 0 Å². The molecule has 0 aliphatic carbocycles. The molecule has 0 bridgehead atoms. The van der Waals surface area contributed by atoms with Gasteiger partial charge in [0.25, 0.3) is 5.91 Å². The Hall–Kier alpha value is -1.44. The molecule has 0 saturated carbocycles. The number of carbonyl (C=O) groups excluding carboxylic acids is 1. The first-order valence-corrected chi connectivity index (χ1v) is 7.86. The average Bonchev–Trinajstić information content (AvgIpc) is 2.43. The largest absolute Gasteiger partial charge is 0.385 e. The number of amides is 1. The number of ether oxygens (including phenoxy) is 1.